The van der Waals surface area contributed by atoms with Gasteiger partial charge in [0, 0.05) is 0 Å². The quantitative estimate of drug-likeness (QED) is 0.592. The Balaban J connectivity index is 2.96. The summed E-state index contributed by atoms with van der Waals surface area (Å²) >= 11 is 0. The van der Waals surface area contributed by atoms with Gasteiger partial charge in [-0.2, -0.15) is 5.48 Å². The first-order valence-corrected chi connectivity index (χ1v) is 3.53. The zero-order valence-corrected chi connectivity index (χ0v) is 6.58. The zero-order valence-electron chi connectivity index (χ0n) is 6.58. The summed E-state index contributed by atoms with van der Waals surface area (Å²) in [5, 5.41) is 17.4. The summed E-state index contributed by atoms with van der Waals surface area (Å²) < 4.78 is 12.7. The van der Waals surface area contributed by atoms with Crippen LogP contribution in [0.5, 0.6) is 5.75 Å². The monoisotopic (exact) mass is 171 g/mol. The van der Waals surface area contributed by atoms with Crippen molar-refractivity contribution in [2.24, 2.45) is 0 Å². The first kappa shape index (κ1) is 8.96. The van der Waals surface area contributed by atoms with Gasteiger partial charge in [0.25, 0.3) is 0 Å². The molecular formula is C8H10FNO2. The van der Waals surface area contributed by atoms with E-state index in [4.69, 9.17) is 10.3 Å². The molecule has 1 unspecified atom stereocenters. The predicted molar refractivity (Wildman–Crippen MR) is 41.4 cm³/mol. The lowest BCUT2D eigenvalue weighted by Crippen LogP contribution is -2.13. The van der Waals surface area contributed by atoms with E-state index in [1.54, 1.807) is 6.92 Å². The van der Waals surface area contributed by atoms with E-state index in [0.717, 1.165) is 0 Å². The van der Waals surface area contributed by atoms with Crippen LogP contribution < -0.4 is 5.48 Å². The lowest BCUT2D eigenvalue weighted by Gasteiger charge is -2.09. The van der Waals surface area contributed by atoms with Crippen LogP contribution in [-0.4, -0.2) is 10.3 Å². The molecule has 1 aromatic carbocycles. The first-order chi connectivity index (χ1) is 5.65. The van der Waals surface area contributed by atoms with Gasteiger partial charge >= 0.3 is 0 Å². The lowest BCUT2D eigenvalue weighted by molar-refractivity contribution is 0.133. The van der Waals surface area contributed by atoms with Crippen LogP contribution in [0, 0.1) is 5.82 Å². The van der Waals surface area contributed by atoms with Crippen molar-refractivity contribution in [1.82, 2.24) is 5.48 Å². The normalized spacial score (nSPS) is 12.9. The molecule has 3 N–H and O–H groups in total. The van der Waals surface area contributed by atoms with Crippen molar-refractivity contribution in [3.05, 3.63) is 29.6 Å². The molecule has 0 bridgehead atoms. The molecule has 66 valence electrons. The van der Waals surface area contributed by atoms with Gasteiger partial charge in [0.1, 0.15) is 0 Å². The SMILES string of the molecule is CC(NO)c1ccc(O)c(F)c1. The Kier molecular flexibility index (Phi) is 2.62. The van der Waals surface area contributed by atoms with Gasteiger partial charge in [0.05, 0.1) is 6.04 Å². The van der Waals surface area contributed by atoms with Crippen LogP contribution in [0.25, 0.3) is 0 Å². The summed E-state index contributed by atoms with van der Waals surface area (Å²) in [6.45, 7) is 1.67. The molecule has 0 spiro atoms. The maximum atomic E-state index is 12.7. The Morgan fingerprint density at radius 1 is 1.50 bits per heavy atom. The van der Waals surface area contributed by atoms with E-state index in [9.17, 15) is 4.39 Å². The molecule has 3 nitrogen and oxygen atoms in total. The average Bonchev–Trinajstić information content (AvgIpc) is 2.08. The second-order valence-corrected chi connectivity index (χ2v) is 2.56. The van der Waals surface area contributed by atoms with Gasteiger partial charge in [-0.25, -0.2) is 4.39 Å². The van der Waals surface area contributed by atoms with Crippen molar-refractivity contribution in [2.45, 2.75) is 13.0 Å². The number of nitrogens with one attached hydrogen (secondary N) is 1. The molecule has 0 saturated carbocycles. The number of benzene rings is 1. The maximum Gasteiger partial charge on any atom is 0.165 e. The van der Waals surface area contributed by atoms with Crippen molar-refractivity contribution in [3.63, 3.8) is 0 Å². The predicted octanol–water partition coefficient (Wildman–Crippen LogP) is 1.57. The fraction of sp³-hybridized carbons (Fsp3) is 0.250. The number of halogens is 1. The summed E-state index contributed by atoms with van der Waals surface area (Å²) in [6, 6.07) is 3.61. The Morgan fingerprint density at radius 2 is 2.17 bits per heavy atom. The summed E-state index contributed by atoms with van der Waals surface area (Å²) in [5.41, 5.74) is 2.56. The Hall–Kier alpha value is -1.13. The number of hydrogen-bond acceptors (Lipinski definition) is 3. The number of rotatable bonds is 2. The fourth-order valence-corrected chi connectivity index (χ4v) is 0.867. The smallest absolute Gasteiger partial charge is 0.165 e. The van der Waals surface area contributed by atoms with Crippen molar-refractivity contribution in [2.75, 3.05) is 0 Å². The van der Waals surface area contributed by atoms with Gasteiger partial charge in [0.2, 0.25) is 0 Å². The van der Waals surface area contributed by atoms with Crippen LogP contribution in [0.15, 0.2) is 18.2 Å². The minimum Gasteiger partial charge on any atom is -0.505 e. The Labute approximate surface area is 69.4 Å². The van der Waals surface area contributed by atoms with Crippen LogP contribution in [0.3, 0.4) is 0 Å². The van der Waals surface area contributed by atoms with Crippen molar-refractivity contribution < 1.29 is 14.7 Å². The van der Waals surface area contributed by atoms with Gasteiger partial charge in [-0.15, -0.1) is 0 Å². The number of hydroxylamine groups is 1. The van der Waals surface area contributed by atoms with Crippen LogP contribution in [0.4, 0.5) is 4.39 Å². The molecule has 1 atom stereocenters. The summed E-state index contributed by atoms with van der Waals surface area (Å²) in [7, 11) is 0. The summed E-state index contributed by atoms with van der Waals surface area (Å²) in [6.07, 6.45) is 0. The lowest BCUT2D eigenvalue weighted by atomic mass is 10.1. The fourth-order valence-electron chi connectivity index (χ4n) is 0.867. The molecule has 0 heterocycles. The number of phenols is 1. The van der Waals surface area contributed by atoms with Gasteiger partial charge in [-0.05, 0) is 24.6 Å². The topological polar surface area (TPSA) is 52.5 Å². The summed E-state index contributed by atoms with van der Waals surface area (Å²) in [5.74, 6) is -1.07. The standard InChI is InChI=1S/C8H10FNO2/c1-5(10-12)6-2-3-8(11)7(9)4-6/h2-5,10-12H,1H3. The Bertz CT molecular complexity index is 278. The Morgan fingerprint density at radius 3 is 2.67 bits per heavy atom. The molecule has 0 amide bonds. The first-order valence-electron chi connectivity index (χ1n) is 3.53. The molecule has 0 radical (unpaired) electrons. The second kappa shape index (κ2) is 3.51. The van der Waals surface area contributed by atoms with Crippen molar-refractivity contribution in [1.29, 1.82) is 0 Å². The van der Waals surface area contributed by atoms with Gasteiger partial charge in [-0.1, -0.05) is 6.07 Å². The number of hydrogen-bond donors (Lipinski definition) is 3. The minimum atomic E-state index is -0.686. The molecule has 0 aliphatic heterocycles. The molecule has 0 aromatic heterocycles. The highest BCUT2D eigenvalue weighted by molar-refractivity contribution is 5.29. The molecule has 0 fully saturated rings. The molecule has 12 heavy (non-hydrogen) atoms. The third-order valence-electron chi connectivity index (χ3n) is 1.67. The number of phenolic OH excluding ortho intramolecular Hbond substituents is 1. The third kappa shape index (κ3) is 1.72. The molecule has 1 rings (SSSR count). The van der Waals surface area contributed by atoms with E-state index >= 15 is 0 Å². The zero-order chi connectivity index (χ0) is 9.14. The highest BCUT2D eigenvalue weighted by Crippen LogP contribution is 2.19. The van der Waals surface area contributed by atoms with E-state index in [0.29, 0.717) is 5.56 Å². The van der Waals surface area contributed by atoms with Crippen LogP contribution in [0.1, 0.15) is 18.5 Å². The van der Waals surface area contributed by atoms with Crippen LogP contribution in [-0.2, 0) is 0 Å². The molecule has 0 aliphatic carbocycles. The highest BCUT2D eigenvalue weighted by Gasteiger charge is 2.06. The number of aromatic hydroxyl groups is 1. The van der Waals surface area contributed by atoms with E-state index < -0.39 is 5.82 Å². The van der Waals surface area contributed by atoms with E-state index in [-0.39, 0.29) is 11.8 Å². The van der Waals surface area contributed by atoms with Crippen LogP contribution >= 0.6 is 0 Å². The third-order valence-corrected chi connectivity index (χ3v) is 1.67. The van der Waals surface area contributed by atoms with Gasteiger partial charge in [-0.3, -0.25) is 0 Å². The highest BCUT2D eigenvalue weighted by atomic mass is 19.1. The molecule has 0 aliphatic rings. The molecule has 4 heteroatoms. The summed E-state index contributed by atoms with van der Waals surface area (Å²) in [4.78, 5) is 0. The maximum absolute atomic E-state index is 12.7. The molecular weight excluding hydrogens is 161 g/mol. The van der Waals surface area contributed by atoms with E-state index in [1.165, 1.54) is 18.2 Å². The van der Waals surface area contributed by atoms with Crippen molar-refractivity contribution in [3.8, 4) is 5.75 Å². The average molecular weight is 171 g/mol. The largest absolute Gasteiger partial charge is 0.505 e. The van der Waals surface area contributed by atoms with Crippen molar-refractivity contribution >= 4 is 0 Å². The minimum absolute atomic E-state index is 0.347. The van der Waals surface area contributed by atoms with Gasteiger partial charge < -0.3 is 10.3 Å². The van der Waals surface area contributed by atoms with E-state index in [1.807, 2.05) is 5.48 Å². The second-order valence-electron chi connectivity index (χ2n) is 2.56. The van der Waals surface area contributed by atoms with E-state index in [2.05, 4.69) is 0 Å². The molecule has 1 aromatic rings. The van der Waals surface area contributed by atoms with Crippen LogP contribution in [0.2, 0.25) is 0 Å². The van der Waals surface area contributed by atoms with Gasteiger partial charge in [0.15, 0.2) is 11.6 Å². The molecule has 0 saturated heterocycles.